The molecule has 0 bridgehead atoms. The Morgan fingerprint density at radius 1 is 1.22 bits per heavy atom. The Hall–Kier alpha value is -1.82. The summed E-state index contributed by atoms with van der Waals surface area (Å²) in [6, 6.07) is 12.3. The maximum absolute atomic E-state index is 13.4. The second-order valence-corrected chi connectivity index (χ2v) is 6.92. The smallest absolute Gasteiger partial charge is 0.258 e. The monoisotopic (exact) mass is 409 g/mol. The summed E-state index contributed by atoms with van der Waals surface area (Å²) in [6.07, 6.45) is 1.64. The van der Waals surface area contributed by atoms with E-state index in [-0.39, 0.29) is 36.8 Å². The molecule has 0 spiro atoms. The maximum atomic E-state index is 13.4. The van der Waals surface area contributed by atoms with Gasteiger partial charge in [-0.25, -0.2) is 0 Å². The standard InChI is InChI=1S/C20H23N3O2.2ClH/c1-13-8-16(18(25-2)11-22-13)20(24)23-12-15-9-21-10-17(15)19(23)14-6-4-3-5-7-14;;/h3-8,11,15,17,19,21H,9-10,12H2,1-2H3;2*1H/t15-,17-,19+;;/m0../s1. The van der Waals surface area contributed by atoms with Gasteiger partial charge in [0.25, 0.3) is 5.91 Å². The molecule has 5 nitrogen and oxygen atoms in total. The number of hydrogen-bond donors (Lipinski definition) is 1. The molecule has 1 amide bonds. The van der Waals surface area contributed by atoms with Gasteiger partial charge < -0.3 is 15.0 Å². The highest BCUT2D eigenvalue weighted by Crippen LogP contribution is 2.43. The summed E-state index contributed by atoms with van der Waals surface area (Å²) in [5, 5.41) is 3.48. The second-order valence-electron chi connectivity index (χ2n) is 6.92. The highest BCUT2D eigenvalue weighted by molar-refractivity contribution is 5.97. The average Bonchev–Trinajstić information content (AvgIpc) is 3.22. The lowest BCUT2D eigenvalue weighted by Crippen LogP contribution is -2.35. The molecule has 7 heteroatoms. The van der Waals surface area contributed by atoms with Crippen LogP contribution in [0.1, 0.15) is 27.7 Å². The Morgan fingerprint density at radius 3 is 2.67 bits per heavy atom. The van der Waals surface area contributed by atoms with E-state index in [2.05, 4.69) is 22.4 Å². The lowest BCUT2D eigenvalue weighted by molar-refractivity contribution is 0.0710. The first-order valence-corrected chi connectivity index (χ1v) is 8.76. The molecule has 2 aliphatic rings. The Kier molecular flexibility index (Phi) is 7.09. The number of benzene rings is 1. The largest absolute Gasteiger partial charge is 0.494 e. The van der Waals surface area contributed by atoms with Gasteiger partial charge in [0.15, 0.2) is 0 Å². The van der Waals surface area contributed by atoms with E-state index in [9.17, 15) is 4.79 Å². The number of rotatable bonds is 3. The zero-order valence-corrected chi connectivity index (χ0v) is 17.1. The molecule has 146 valence electrons. The molecule has 0 radical (unpaired) electrons. The molecule has 0 aliphatic carbocycles. The second kappa shape index (κ2) is 8.91. The van der Waals surface area contributed by atoms with E-state index in [1.807, 2.05) is 36.1 Å². The van der Waals surface area contributed by atoms with Gasteiger partial charge >= 0.3 is 0 Å². The fourth-order valence-electron chi connectivity index (χ4n) is 4.24. The van der Waals surface area contributed by atoms with Crippen molar-refractivity contribution in [2.24, 2.45) is 11.8 Å². The van der Waals surface area contributed by atoms with Crippen LogP contribution in [0.5, 0.6) is 5.75 Å². The van der Waals surface area contributed by atoms with Crippen LogP contribution in [0.4, 0.5) is 0 Å². The predicted octanol–water partition coefficient (Wildman–Crippen LogP) is 3.27. The number of nitrogens with one attached hydrogen (secondary N) is 1. The fraction of sp³-hybridized carbons (Fsp3) is 0.400. The molecule has 4 rings (SSSR count). The average molecular weight is 410 g/mol. The molecule has 2 fully saturated rings. The fourth-order valence-corrected chi connectivity index (χ4v) is 4.24. The molecule has 2 saturated heterocycles. The van der Waals surface area contributed by atoms with E-state index >= 15 is 0 Å². The van der Waals surface area contributed by atoms with Gasteiger partial charge in [-0.05, 0) is 24.5 Å². The molecule has 0 unspecified atom stereocenters. The van der Waals surface area contributed by atoms with E-state index in [0.717, 1.165) is 25.3 Å². The molecule has 2 aromatic rings. The number of methoxy groups -OCH3 is 1. The molecule has 3 heterocycles. The highest BCUT2D eigenvalue weighted by Gasteiger charge is 2.47. The molecule has 27 heavy (non-hydrogen) atoms. The molecular formula is C20H25Cl2N3O2. The van der Waals surface area contributed by atoms with Crippen LogP contribution in [-0.2, 0) is 0 Å². The first kappa shape index (κ1) is 21.5. The lowest BCUT2D eigenvalue weighted by atomic mass is 9.89. The first-order valence-electron chi connectivity index (χ1n) is 8.76. The van der Waals surface area contributed by atoms with Crippen LogP contribution in [0.25, 0.3) is 0 Å². The zero-order chi connectivity index (χ0) is 17.4. The van der Waals surface area contributed by atoms with Crippen LogP contribution in [0, 0.1) is 18.8 Å². The van der Waals surface area contributed by atoms with Gasteiger partial charge in [-0.3, -0.25) is 9.78 Å². The minimum atomic E-state index is 0. The SMILES string of the molecule is COc1cnc(C)cc1C(=O)N1C[C@@H]2CNC[C@@H]2[C@H]1c1ccccc1.Cl.Cl. The van der Waals surface area contributed by atoms with Crippen LogP contribution < -0.4 is 10.1 Å². The number of aryl methyl sites for hydroxylation is 1. The van der Waals surface area contributed by atoms with Crippen molar-refractivity contribution < 1.29 is 9.53 Å². The van der Waals surface area contributed by atoms with Gasteiger partial charge in [-0.15, -0.1) is 24.8 Å². The van der Waals surface area contributed by atoms with Crippen LogP contribution in [0.3, 0.4) is 0 Å². The molecule has 3 atom stereocenters. The van der Waals surface area contributed by atoms with E-state index < -0.39 is 0 Å². The topological polar surface area (TPSA) is 54.5 Å². The number of aromatic nitrogens is 1. The van der Waals surface area contributed by atoms with Crippen molar-refractivity contribution in [3.8, 4) is 5.75 Å². The number of carbonyl (C=O) groups excluding carboxylic acids is 1. The van der Waals surface area contributed by atoms with Crippen LogP contribution in [0.2, 0.25) is 0 Å². The van der Waals surface area contributed by atoms with Crippen molar-refractivity contribution in [2.45, 2.75) is 13.0 Å². The van der Waals surface area contributed by atoms with Gasteiger partial charge in [0, 0.05) is 31.2 Å². The Labute approximate surface area is 172 Å². The summed E-state index contributed by atoms with van der Waals surface area (Å²) < 4.78 is 5.39. The Balaban J connectivity index is 0.00000131. The van der Waals surface area contributed by atoms with Crippen molar-refractivity contribution in [3.05, 3.63) is 59.4 Å². The molecular weight excluding hydrogens is 385 g/mol. The lowest BCUT2D eigenvalue weighted by Gasteiger charge is -2.29. The number of ether oxygens (including phenoxy) is 1. The molecule has 1 aromatic carbocycles. The summed E-state index contributed by atoms with van der Waals surface area (Å²) >= 11 is 0. The van der Waals surface area contributed by atoms with E-state index in [0.29, 0.717) is 23.1 Å². The minimum absolute atomic E-state index is 0. The van der Waals surface area contributed by atoms with Crippen molar-refractivity contribution in [3.63, 3.8) is 0 Å². The van der Waals surface area contributed by atoms with Crippen LogP contribution in [-0.4, -0.2) is 42.5 Å². The van der Waals surface area contributed by atoms with E-state index in [4.69, 9.17) is 4.74 Å². The Morgan fingerprint density at radius 2 is 1.96 bits per heavy atom. The summed E-state index contributed by atoms with van der Waals surface area (Å²) in [6.45, 7) is 4.61. The first-order chi connectivity index (χ1) is 12.2. The number of carbonyl (C=O) groups is 1. The van der Waals surface area contributed by atoms with Gasteiger partial charge in [0.05, 0.1) is 24.9 Å². The van der Waals surface area contributed by atoms with E-state index in [1.54, 1.807) is 13.3 Å². The molecule has 1 N–H and O–H groups in total. The third-order valence-electron chi connectivity index (χ3n) is 5.42. The number of likely N-dealkylation sites (tertiary alicyclic amines) is 1. The maximum Gasteiger partial charge on any atom is 0.258 e. The van der Waals surface area contributed by atoms with Crippen molar-refractivity contribution in [1.82, 2.24) is 15.2 Å². The zero-order valence-electron chi connectivity index (χ0n) is 15.4. The summed E-state index contributed by atoms with van der Waals surface area (Å²) in [4.78, 5) is 19.7. The third-order valence-corrected chi connectivity index (χ3v) is 5.42. The number of fused-ring (bicyclic) bond motifs is 1. The van der Waals surface area contributed by atoms with E-state index in [1.165, 1.54) is 5.56 Å². The van der Waals surface area contributed by atoms with Gasteiger partial charge in [-0.1, -0.05) is 30.3 Å². The number of amides is 1. The summed E-state index contributed by atoms with van der Waals surface area (Å²) in [7, 11) is 1.58. The number of pyridine rings is 1. The summed E-state index contributed by atoms with van der Waals surface area (Å²) in [5.41, 5.74) is 2.63. The van der Waals surface area contributed by atoms with Crippen molar-refractivity contribution >= 4 is 30.7 Å². The Bertz CT molecular complexity index is 788. The highest BCUT2D eigenvalue weighted by atomic mass is 35.5. The van der Waals surface area contributed by atoms with Gasteiger partial charge in [0.2, 0.25) is 0 Å². The number of halogens is 2. The molecule has 0 saturated carbocycles. The molecule has 2 aliphatic heterocycles. The van der Waals surface area contributed by atoms with Gasteiger partial charge in [-0.2, -0.15) is 0 Å². The quantitative estimate of drug-likeness (QED) is 0.844. The number of nitrogens with zero attached hydrogens (tertiary/aromatic N) is 2. The van der Waals surface area contributed by atoms with Crippen molar-refractivity contribution in [2.75, 3.05) is 26.7 Å². The summed E-state index contributed by atoms with van der Waals surface area (Å²) in [5.74, 6) is 1.53. The van der Waals surface area contributed by atoms with Crippen LogP contribution in [0.15, 0.2) is 42.6 Å². The van der Waals surface area contributed by atoms with Crippen molar-refractivity contribution in [1.29, 1.82) is 0 Å². The normalized spacial score (nSPS) is 23.2. The minimum Gasteiger partial charge on any atom is -0.494 e. The third kappa shape index (κ3) is 3.91. The van der Waals surface area contributed by atoms with Gasteiger partial charge in [0.1, 0.15) is 5.75 Å². The predicted molar refractivity (Wildman–Crippen MR) is 110 cm³/mol. The number of hydrogen-bond acceptors (Lipinski definition) is 4. The van der Waals surface area contributed by atoms with Crippen LogP contribution >= 0.6 is 24.8 Å². The molecule has 1 aromatic heterocycles.